The van der Waals surface area contributed by atoms with Gasteiger partial charge in [0.15, 0.2) is 5.82 Å². The number of amides is 1. The molecule has 3 aliphatic rings. The molecule has 7 nitrogen and oxygen atoms in total. The van der Waals surface area contributed by atoms with Gasteiger partial charge in [0.1, 0.15) is 0 Å². The average Bonchev–Trinajstić information content (AvgIpc) is 3.33. The molecule has 0 aliphatic heterocycles. The number of carbonyl (C=O) groups excluding carboxylic acids is 1. The molecule has 0 bridgehead atoms. The van der Waals surface area contributed by atoms with Gasteiger partial charge in [-0.25, -0.2) is 0 Å². The number of benzene rings is 1. The Labute approximate surface area is 181 Å². The first-order chi connectivity index (χ1) is 14.9. The summed E-state index contributed by atoms with van der Waals surface area (Å²) in [6, 6.07) is 6.01. The number of tetrazole rings is 1. The van der Waals surface area contributed by atoms with Crippen molar-refractivity contribution in [3.05, 3.63) is 75.7 Å². The molecule has 4 N–H and O–H groups in total. The molecule has 1 aromatic carbocycles. The Balaban J connectivity index is 1.79. The quantitative estimate of drug-likeness (QED) is 0.710. The third-order valence-electron chi connectivity index (χ3n) is 7.01. The van der Waals surface area contributed by atoms with Gasteiger partial charge in [0.25, 0.3) is 5.91 Å². The van der Waals surface area contributed by atoms with Crippen LogP contribution in [0.25, 0.3) is 0 Å². The molecule has 1 saturated carbocycles. The highest BCUT2D eigenvalue weighted by Crippen LogP contribution is 2.54. The molecule has 1 amide bonds. The summed E-state index contributed by atoms with van der Waals surface area (Å²) in [5.41, 5.74) is 12.7. The summed E-state index contributed by atoms with van der Waals surface area (Å²) < 4.78 is 0. The van der Waals surface area contributed by atoms with Crippen molar-refractivity contribution < 1.29 is 4.79 Å². The molecule has 1 atom stereocenters. The zero-order chi connectivity index (χ0) is 21.6. The summed E-state index contributed by atoms with van der Waals surface area (Å²) in [7, 11) is 1.66. The number of aromatic amines is 1. The number of nitrogens with zero attached hydrogens (tertiary/aromatic N) is 3. The van der Waals surface area contributed by atoms with Crippen LogP contribution in [0.5, 0.6) is 0 Å². The van der Waals surface area contributed by atoms with Crippen molar-refractivity contribution >= 4 is 5.91 Å². The monoisotopic (exact) mass is 416 g/mol. The van der Waals surface area contributed by atoms with Crippen molar-refractivity contribution in [3.8, 4) is 0 Å². The molecule has 2 aromatic rings. The maximum atomic E-state index is 12.3. The lowest BCUT2D eigenvalue weighted by Gasteiger charge is -2.37. The summed E-state index contributed by atoms with van der Waals surface area (Å²) >= 11 is 0. The van der Waals surface area contributed by atoms with Gasteiger partial charge in [-0.05, 0) is 74.3 Å². The third kappa shape index (κ3) is 3.33. The van der Waals surface area contributed by atoms with Crippen LogP contribution in [0.15, 0.2) is 53.1 Å². The molecule has 160 valence electrons. The topological polar surface area (TPSA) is 110 Å². The van der Waals surface area contributed by atoms with Crippen molar-refractivity contribution in [1.29, 1.82) is 0 Å². The molecule has 7 heteroatoms. The number of rotatable bonds is 4. The van der Waals surface area contributed by atoms with E-state index >= 15 is 0 Å². The SMILES string of the molecule is CNC(=O)c1ccc2c(c1)CCC1=C(C=CC(C)=CC1)C2(CC1(N)CC1)c1nn[nH]n1. The standard InChI is InChI=1S/C24H28N6O/c1-15-3-5-16-6-7-17-13-18(21(31)26-2)8-10-20(17)24(19(16)9-4-15,14-23(25)11-12-23)22-27-29-30-28-22/h3-4,8-10,13H,5-7,11-12,14,25H2,1-2H3,(H,26,31)(H,27,28,29,30). The van der Waals surface area contributed by atoms with Gasteiger partial charge in [-0.15, -0.1) is 10.2 Å². The average molecular weight is 417 g/mol. The number of H-pyrrole nitrogens is 1. The van der Waals surface area contributed by atoms with Crippen molar-refractivity contribution in [3.63, 3.8) is 0 Å². The predicted octanol–water partition coefficient (Wildman–Crippen LogP) is 2.88. The molecule has 0 radical (unpaired) electrons. The lowest BCUT2D eigenvalue weighted by molar-refractivity contribution is 0.0963. The minimum absolute atomic E-state index is 0.0809. The van der Waals surface area contributed by atoms with E-state index in [4.69, 9.17) is 5.73 Å². The lowest BCUT2D eigenvalue weighted by atomic mass is 9.66. The Morgan fingerprint density at radius 3 is 2.81 bits per heavy atom. The summed E-state index contributed by atoms with van der Waals surface area (Å²) in [6.07, 6.45) is 12.1. The lowest BCUT2D eigenvalue weighted by Crippen LogP contribution is -2.40. The molecule has 3 aliphatic carbocycles. The number of nitrogens with one attached hydrogen (secondary N) is 2. The first-order valence-electron chi connectivity index (χ1n) is 10.9. The minimum Gasteiger partial charge on any atom is -0.355 e. The fourth-order valence-electron chi connectivity index (χ4n) is 5.13. The molecular weight excluding hydrogens is 388 g/mol. The van der Waals surface area contributed by atoms with Crippen LogP contribution in [0.1, 0.15) is 66.3 Å². The van der Waals surface area contributed by atoms with Gasteiger partial charge in [-0.1, -0.05) is 40.7 Å². The van der Waals surface area contributed by atoms with Gasteiger partial charge in [0.05, 0.1) is 5.41 Å². The molecular formula is C24H28N6O. The Bertz CT molecular complexity index is 1120. The molecule has 0 spiro atoms. The first kappa shape index (κ1) is 19.9. The van der Waals surface area contributed by atoms with E-state index in [9.17, 15) is 4.79 Å². The summed E-state index contributed by atoms with van der Waals surface area (Å²) in [6.45, 7) is 2.13. The van der Waals surface area contributed by atoms with Crippen molar-refractivity contribution in [2.24, 2.45) is 5.73 Å². The number of carbonyl (C=O) groups is 1. The van der Waals surface area contributed by atoms with E-state index < -0.39 is 5.41 Å². The van der Waals surface area contributed by atoms with E-state index in [1.54, 1.807) is 7.05 Å². The zero-order valence-electron chi connectivity index (χ0n) is 18.0. The maximum Gasteiger partial charge on any atom is 0.251 e. The molecule has 0 saturated heterocycles. The van der Waals surface area contributed by atoms with E-state index in [1.165, 1.54) is 16.7 Å². The van der Waals surface area contributed by atoms with E-state index in [0.717, 1.165) is 43.2 Å². The second-order valence-corrected chi connectivity index (χ2v) is 9.13. The molecule has 1 fully saturated rings. The normalized spacial score (nSPS) is 23.9. The van der Waals surface area contributed by atoms with Gasteiger partial charge in [0.2, 0.25) is 0 Å². The first-order valence-corrected chi connectivity index (χ1v) is 10.9. The van der Waals surface area contributed by atoms with Gasteiger partial charge in [-0.3, -0.25) is 4.79 Å². The Morgan fingerprint density at radius 1 is 1.26 bits per heavy atom. The maximum absolute atomic E-state index is 12.3. The highest BCUT2D eigenvalue weighted by atomic mass is 16.1. The number of aryl methyl sites for hydroxylation is 1. The van der Waals surface area contributed by atoms with Gasteiger partial charge in [-0.2, -0.15) is 5.21 Å². The van der Waals surface area contributed by atoms with Crippen LogP contribution < -0.4 is 11.1 Å². The zero-order valence-corrected chi connectivity index (χ0v) is 18.0. The van der Waals surface area contributed by atoms with Crippen LogP contribution in [0, 0.1) is 0 Å². The van der Waals surface area contributed by atoms with E-state index in [-0.39, 0.29) is 11.4 Å². The van der Waals surface area contributed by atoms with Crippen LogP contribution in [0.4, 0.5) is 0 Å². The van der Waals surface area contributed by atoms with E-state index in [2.05, 4.69) is 57.2 Å². The highest BCUT2D eigenvalue weighted by molar-refractivity contribution is 5.94. The van der Waals surface area contributed by atoms with Crippen LogP contribution >= 0.6 is 0 Å². The van der Waals surface area contributed by atoms with Gasteiger partial charge < -0.3 is 11.1 Å². The fraction of sp³-hybridized carbons (Fsp3) is 0.417. The number of hydrogen-bond donors (Lipinski definition) is 3. The van der Waals surface area contributed by atoms with Crippen LogP contribution in [0.3, 0.4) is 0 Å². The third-order valence-corrected chi connectivity index (χ3v) is 7.01. The van der Waals surface area contributed by atoms with Crippen molar-refractivity contribution in [2.45, 2.75) is 56.4 Å². The van der Waals surface area contributed by atoms with E-state index in [0.29, 0.717) is 17.8 Å². The smallest absolute Gasteiger partial charge is 0.251 e. The van der Waals surface area contributed by atoms with E-state index in [1.807, 2.05) is 12.1 Å². The second-order valence-electron chi connectivity index (χ2n) is 9.13. The number of hydrogen-bond acceptors (Lipinski definition) is 5. The summed E-state index contributed by atoms with van der Waals surface area (Å²) in [5, 5.41) is 18.4. The number of allylic oxidation sites excluding steroid dienone is 6. The van der Waals surface area contributed by atoms with Crippen LogP contribution in [-0.4, -0.2) is 39.1 Å². The van der Waals surface area contributed by atoms with Crippen LogP contribution in [-0.2, 0) is 11.8 Å². The fourth-order valence-corrected chi connectivity index (χ4v) is 5.13. The molecule has 1 heterocycles. The summed E-state index contributed by atoms with van der Waals surface area (Å²) in [5.74, 6) is 0.569. The number of fused-ring (bicyclic) bond motifs is 1. The second kappa shape index (κ2) is 7.27. The number of nitrogens with two attached hydrogens (primary N) is 1. The Hall–Kier alpha value is -3.06. The molecule has 31 heavy (non-hydrogen) atoms. The molecule has 1 unspecified atom stereocenters. The minimum atomic E-state index is -0.602. The number of aromatic nitrogens is 4. The Kier molecular flexibility index (Phi) is 4.66. The molecule has 1 aromatic heterocycles. The van der Waals surface area contributed by atoms with Gasteiger partial charge >= 0.3 is 0 Å². The van der Waals surface area contributed by atoms with Crippen molar-refractivity contribution in [2.75, 3.05) is 7.05 Å². The van der Waals surface area contributed by atoms with Crippen molar-refractivity contribution in [1.82, 2.24) is 25.9 Å². The predicted molar refractivity (Wildman–Crippen MR) is 118 cm³/mol. The van der Waals surface area contributed by atoms with Gasteiger partial charge in [0, 0.05) is 18.2 Å². The molecule has 5 rings (SSSR count). The Morgan fingerprint density at radius 2 is 2.10 bits per heavy atom. The summed E-state index contributed by atoms with van der Waals surface area (Å²) in [4.78, 5) is 12.3. The largest absolute Gasteiger partial charge is 0.355 e. The van der Waals surface area contributed by atoms with Crippen LogP contribution in [0.2, 0.25) is 0 Å². The highest BCUT2D eigenvalue weighted by Gasteiger charge is 2.53.